The van der Waals surface area contributed by atoms with Crippen LogP contribution in [0.25, 0.3) is 11.1 Å². The molecule has 20 heavy (non-hydrogen) atoms. The smallest absolute Gasteiger partial charge is 0.326 e. The highest BCUT2D eigenvalue weighted by Crippen LogP contribution is 2.37. The minimum atomic E-state index is -4.36. The third kappa shape index (κ3) is 2.70. The van der Waals surface area contributed by atoms with Gasteiger partial charge in [0.1, 0.15) is 0 Å². The Balaban J connectivity index is 2.64. The Kier molecular flexibility index (Phi) is 3.86. The van der Waals surface area contributed by atoms with Gasteiger partial charge in [0.25, 0.3) is 0 Å². The molecule has 2 rings (SSSR count). The number of rotatable bonds is 2. The minimum absolute atomic E-state index is 0.203. The fraction of sp³-hybridized carbons (Fsp3) is 0.250. The summed E-state index contributed by atoms with van der Waals surface area (Å²) in [5.74, 6) is 0. The topological polar surface area (TPSA) is 26.0 Å². The van der Waals surface area contributed by atoms with Crippen molar-refractivity contribution in [1.82, 2.24) is 0 Å². The highest BCUT2D eigenvalue weighted by atomic mass is 19.4. The standard InChI is InChI=1S/C16H16F3N/c1-10-7-12(8-11(2)14(10)9-20)13-5-3-4-6-15(13)16(17,18)19/h3-8H,9,20H2,1-2H3. The second-order valence-electron chi connectivity index (χ2n) is 4.84. The van der Waals surface area contributed by atoms with E-state index in [2.05, 4.69) is 0 Å². The van der Waals surface area contributed by atoms with E-state index in [1.165, 1.54) is 12.1 Å². The largest absolute Gasteiger partial charge is 0.417 e. The third-order valence-corrected chi connectivity index (χ3v) is 3.44. The van der Waals surface area contributed by atoms with Crippen molar-refractivity contribution in [2.75, 3.05) is 0 Å². The van der Waals surface area contributed by atoms with E-state index < -0.39 is 11.7 Å². The lowest BCUT2D eigenvalue weighted by molar-refractivity contribution is -0.137. The first-order chi connectivity index (χ1) is 9.34. The van der Waals surface area contributed by atoms with Gasteiger partial charge in [-0.05, 0) is 47.7 Å². The maximum absolute atomic E-state index is 13.1. The summed E-state index contributed by atoms with van der Waals surface area (Å²) in [6.07, 6.45) is -4.36. The molecule has 0 heterocycles. The third-order valence-electron chi connectivity index (χ3n) is 3.44. The average molecular weight is 279 g/mol. The van der Waals surface area contributed by atoms with Crippen LogP contribution < -0.4 is 5.73 Å². The molecule has 0 unspecified atom stereocenters. The molecule has 0 aliphatic rings. The van der Waals surface area contributed by atoms with Gasteiger partial charge in [-0.2, -0.15) is 13.2 Å². The normalized spacial score (nSPS) is 11.7. The van der Waals surface area contributed by atoms with Crippen LogP contribution in [0.1, 0.15) is 22.3 Å². The van der Waals surface area contributed by atoms with Crippen LogP contribution in [-0.4, -0.2) is 0 Å². The Hall–Kier alpha value is -1.81. The van der Waals surface area contributed by atoms with Gasteiger partial charge in [0.05, 0.1) is 5.56 Å². The molecule has 0 radical (unpaired) electrons. The van der Waals surface area contributed by atoms with E-state index in [1.807, 2.05) is 13.8 Å². The number of alkyl halides is 3. The molecule has 2 N–H and O–H groups in total. The fourth-order valence-corrected chi connectivity index (χ4v) is 2.45. The van der Waals surface area contributed by atoms with Gasteiger partial charge in [0.2, 0.25) is 0 Å². The van der Waals surface area contributed by atoms with Crippen LogP contribution in [0.3, 0.4) is 0 Å². The molecular weight excluding hydrogens is 263 g/mol. The predicted molar refractivity (Wildman–Crippen MR) is 74.2 cm³/mol. The van der Waals surface area contributed by atoms with Crippen LogP contribution in [0.15, 0.2) is 36.4 Å². The van der Waals surface area contributed by atoms with Crippen LogP contribution >= 0.6 is 0 Å². The quantitative estimate of drug-likeness (QED) is 0.863. The number of aryl methyl sites for hydroxylation is 2. The summed E-state index contributed by atoms with van der Waals surface area (Å²) >= 11 is 0. The monoisotopic (exact) mass is 279 g/mol. The van der Waals surface area contributed by atoms with Crippen LogP contribution in [0, 0.1) is 13.8 Å². The predicted octanol–water partition coefficient (Wildman–Crippen LogP) is 4.45. The molecule has 0 spiro atoms. The molecule has 0 saturated carbocycles. The second kappa shape index (κ2) is 5.29. The van der Waals surface area contributed by atoms with E-state index in [1.54, 1.807) is 18.2 Å². The lowest BCUT2D eigenvalue weighted by atomic mass is 9.93. The molecule has 106 valence electrons. The van der Waals surface area contributed by atoms with E-state index >= 15 is 0 Å². The summed E-state index contributed by atoms with van der Waals surface area (Å²) in [6.45, 7) is 4.13. The fourth-order valence-electron chi connectivity index (χ4n) is 2.45. The molecule has 2 aromatic rings. The summed E-state index contributed by atoms with van der Waals surface area (Å²) in [4.78, 5) is 0. The molecular formula is C16H16F3N. The molecule has 0 saturated heterocycles. The SMILES string of the molecule is Cc1cc(-c2ccccc2C(F)(F)F)cc(C)c1CN. The molecule has 1 nitrogen and oxygen atoms in total. The summed E-state index contributed by atoms with van der Waals surface area (Å²) in [6, 6.07) is 9.15. The van der Waals surface area contributed by atoms with Gasteiger partial charge in [-0.15, -0.1) is 0 Å². The van der Waals surface area contributed by atoms with Crippen LogP contribution in [0.5, 0.6) is 0 Å². The summed E-state index contributed by atoms with van der Waals surface area (Å²) in [5, 5.41) is 0. The first-order valence-corrected chi connectivity index (χ1v) is 6.31. The Labute approximate surface area is 116 Å². The van der Waals surface area contributed by atoms with E-state index in [0.717, 1.165) is 22.8 Å². The molecule has 0 aliphatic carbocycles. The van der Waals surface area contributed by atoms with Crippen molar-refractivity contribution < 1.29 is 13.2 Å². The van der Waals surface area contributed by atoms with Gasteiger partial charge in [-0.25, -0.2) is 0 Å². The number of hydrogen-bond donors (Lipinski definition) is 1. The van der Waals surface area contributed by atoms with Crippen molar-refractivity contribution in [2.24, 2.45) is 5.73 Å². The highest BCUT2D eigenvalue weighted by Gasteiger charge is 2.33. The Morgan fingerprint density at radius 1 is 1.00 bits per heavy atom. The van der Waals surface area contributed by atoms with Gasteiger partial charge in [-0.1, -0.05) is 30.3 Å². The Morgan fingerprint density at radius 3 is 2.05 bits per heavy atom. The van der Waals surface area contributed by atoms with Crippen molar-refractivity contribution in [3.63, 3.8) is 0 Å². The number of nitrogens with two attached hydrogens (primary N) is 1. The van der Waals surface area contributed by atoms with Gasteiger partial charge in [0, 0.05) is 6.54 Å². The van der Waals surface area contributed by atoms with Crippen molar-refractivity contribution >= 4 is 0 Å². The molecule has 0 bridgehead atoms. The number of halogens is 3. The zero-order chi connectivity index (χ0) is 14.9. The van der Waals surface area contributed by atoms with Crippen molar-refractivity contribution in [3.05, 3.63) is 58.7 Å². The van der Waals surface area contributed by atoms with Gasteiger partial charge in [-0.3, -0.25) is 0 Å². The highest BCUT2D eigenvalue weighted by molar-refractivity contribution is 5.70. The van der Waals surface area contributed by atoms with Crippen molar-refractivity contribution in [3.8, 4) is 11.1 Å². The molecule has 0 aliphatic heterocycles. The number of hydrogen-bond acceptors (Lipinski definition) is 1. The van der Waals surface area contributed by atoms with Gasteiger partial charge >= 0.3 is 6.18 Å². The van der Waals surface area contributed by atoms with Crippen LogP contribution in [0.2, 0.25) is 0 Å². The van der Waals surface area contributed by atoms with Gasteiger partial charge < -0.3 is 5.73 Å². The maximum Gasteiger partial charge on any atom is 0.417 e. The molecule has 0 aromatic heterocycles. The Bertz CT molecular complexity index is 607. The molecule has 2 aromatic carbocycles. The maximum atomic E-state index is 13.1. The van der Waals surface area contributed by atoms with Crippen LogP contribution in [0.4, 0.5) is 13.2 Å². The lowest BCUT2D eigenvalue weighted by Gasteiger charge is -2.15. The van der Waals surface area contributed by atoms with E-state index in [-0.39, 0.29) is 5.56 Å². The molecule has 0 fully saturated rings. The van der Waals surface area contributed by atoms with E-state index in [9.17, 15) is 13.2 Å². The van der Waals surface area contributed by atoms with E-state index in [4.69, 9.17) is 5.73 Å². The molecule has 0 atom stereocenters. The van der Waals surface area contributed by atoms with Crippen molar-refractivity contribution in [1.29, 1.82) is 0 Å². The lowest BCUT2D eigenvalue weighted by Crippen LogP contribution is -2.07. The van der Waals surface area contributed by atoms with Crippen molar-refractivity contribution in [2.45, 2.75) is 26.6 Å². The first kappa shape index (κ1) is 14.6. The zero-order valence-electron chi connectivity index (χ0n) is 11.4. The average Bonchev–Trinajstić information content (AvgIpc) is 2.37. The summed E-state index contributed by atoms with van der Waals surface area (Å²) in [7, 11) is 0. The van der Waals surface area contributed by atoms with E-state index in [0.29, 0.717) is 12.1 Å². The Morgan fingerprint density at radius 2 is 1.55 bits per heavy atom. The van der Waals surface area contributed by atoms with Gasteiger partial charge in [0.15, 0.2) is 0 Å². The summed E-state index contributed by atoms with van der Waals surface area (Å²) < 4.78 is 39.2. The summed E-state index contributed by atoms with van der Waals surface area (Å²) in [5.41, 5.74) is 8.64. The first-order valence-electron chi connectivity index (χ1n) is 6.31. The zero-order valence-corrected chi connectivity index (χ0v) is 11.4. The second-order valence-corrected chi connectivity index (χ2v) is 4.84. The molecule has 0 amide bonds. The minimum Gasteiger partial charge on any atom is -0.326 e. The number of benzene rings is 2. The molecule has 4 heteroatoms. The van der Waals surface area contributed by atoms with Crippen LogP contribution in [-0.2, 0) is 12.7 Å².